The van der Waals surface area contributed by atoms with E-state index in [1.165, 1.54) is 18.3 Å². The maximum Gasteiger partial charge on any atom is 0.264 e. The molecule has 1 aromatic carbocycles. The Morgan fingerprint density at radius 1 is 1.21 bits per heavy atom. The Labute approximate surface area is 121 Å². The number of aromatic nitrogens is 1. The van der Waals surface area contributed by atoms with Crippen molar-refractivity contribution in [3.63, 3.8) is 0 Å². The van der Waals surface area contributed by atoms with Crippen LogP contribution in [0.4, 0.5) is 5.69 Å². The van der Waals surface area contributed by atoms with Gasteiger partial charge in [0.25, 0.3) is 10.0 Å². The van der Waals surface area contributed by atoms with Crippen LogP contribution in [0.15, 0.2) is 52.4 Å². The number of sulfonamides is 1. The average Bonchev–Trinajstić information content (AvgIpc) is 2.39. The van der Waals surface area contributed by atoms with Gasteiger partial charge in [-0.2, -0.15) is 0 Å². The first kappa shape index (κ1) is 14.2. The average molecular weight is 315 g/mol. The van der Waals surface area contributed by atoms with Gasteiger partial charge in [0, 0.05) is 16.8 Å². The van der Waals surface area contributed by atoms with Crippen molar-refractivity contribution in [1.82, 2.24) is 4.98 Å². The Kier molecular flexibility index (Phi) is 4.34. The lowest BCUT2D eigenvalue weighted by atomic mass is 10.3. The maximum atomic E-state index is 12.1. The predicted octanol–water partition coefficient (Wildman–Crippen LogP) is 3.26. The van der Waals surface area contributed by atoms with E-state index in [1.54, 1.807) is 23.9 Å². The first-order valence-corrected chi connectivity index (χ1v) is 8.39. The quantitative estimate of drug-likeness (QED) is 0.695. The van der Waals surface area contributed by atoms with Gasteiger partial charge in [0.2, 0.25) is 0 Å². The summed E-state index contributed by atoms with van der Waals surface area (Å²) in [6.07, 6.45) is 3.39. The van der Waals surface area contributed by atoms with Crippen molar-refractivity contribution in [3.05, 3.63) is 47.7 Å². The number of hydrogen-bond acceptors (Lipinski definition) is 4. The molecule has 100 valence electrons. The molecule has 0 radical (unpaired) electrons. The molecule has 0 saturated heterocycles. The molecule has 0 aliphatic carbocycles. The molecule has 0 saturated carbocycles. The van der Waals surface area contributed by atoms with E-state index in [1.807, 2.05) is 18.4 Å². The van der Waals surface area contributed by atoms with Gasteiger partial charge >= 0.3 is 0 Å². The van der Waals surface area contributed by atoms with E-state index in [0.29, 0.717) is 5.69 Å². The second kappa shape index (κ2) is 5.81. The molecule has 0 unspecified atom stereocenters. The van der Waals surface area contributed by atoms with Crippen LogP contribution in [-0.4, -0.2) is 19.7 Å². The Morgan fingerprint density at radius 2 is 1.89 bits per heavy atom. The molecule has 0 atom stereocenters. The van der Waals surface area contributed by atoms with Crippen LogP contribution < -0.4 is 4.72 Å². The molecular weight excluding hydrogens is 304 g/mol. The van der Waals surface area contributed by atoms with Gasteiger partial charge < -0.3 is 0 Å². The standard InChI is InChI=1S/C12H11ClN2O2S2/c1-18-10-6-4-9(5-7-10)15-19(16,17)11-3-2-8-14-12(11)13/h2-8,15H,1H3. The molecule has 0 amide bonds. The topological polar surface area (TPSA) is 59.1 Å². The van der Waals surface area contributed by atoms with E-state index in [9.17, 15) is 8.42 Å². The molecule has 1 aromatic heterocycles. The number of nitrogens with zero attached hydrogens (tertiary/aromatic N) is 1. The Morgan fingerprint density at radius 3 is 2.47 bits per heavy atom. The molecule has 0 aliphatic heterocycles. The zero-order chi connectivity index (χ0) is 13.9. The van der Waals surface area contributed by atoms with E-state index >= 15 is 0 Å². The molecule has 4 nitrogen and oxygen atoms in total. The smallest absolute Gasteiger partial charge is 0.264 e. The third-order valence-electron chi connectivity index (χ3n) is 2.36. The number of hydrogen-bond donors (Lipinski definition) is 1. The van der Waals surface area contributed by atoms with Gasteiger partial charge in [0.05, 0.1) is 0 Å². The molecule has 19 heavy (non-hydrogen) atoms. The first-order chi connectivity index (χ1) is 9.03. The number of halogens is 1. The number of nitrogens with one attached hydrogen (secondary N) is 1. The molecule has 7 heteroatoms. The first-order valence-electron chi connectivity index (χ1n) is 5.30. The van der Waals surface area contributed by atoms with Crippen LogP contribution in [-0.2, 0) is 10.0 Å². The second-order valence-electron chi connectivity index (χ2n) is 3.63. The summed E-state index contributed by atoms with van der Waals surface area (Å²) in [7, 11) is -3.71. The van der Waals surface area contributed by atoms with Crippen molar-refractivity contribution in [2.75, 3.05) is 11.0 Å². The van der Waals surface area contributed by atoms with Crippen molar-refractivity contribution in [2.45, 2.75) is 9.79 Å². The van der Waals surface area contributed by atoms with Gasteiger partial charge in [0.15, 0.2) is 0 Å². The molecular formula is C12H11ClN2O2S2. The van der Waals surface area contributed by atoms with E-state index in [2.05, 4.69) is 9.71 Å². The lowest BCUT2D eigenvalue weighted by Crippen LogP contribution is -2.13. The molecule has 0 bridgehead atoms. The maximum absolute atomic E-state index is 12.1. The highest BCUT2D eigenvalue weighted by Crippen LogP contribution is 2.23. The summed E-state index contributed by atoms with van der Waals surface area (Å²) in [5, 5.41) is -0.0456. The molecule has 0 spiro atoms. The van der Waals surface area contributed by atoms with Gasteiger partial charge in [0.1, 0.15) is 10.0 Å². The van der Waals surface area contributed by atoms with Gasteiger partial charge in [-0.15, -0.1) is 11.8 Å². The molecule has 0 aliphatic rings. The third-order valence-corrected chi connectivity index (χ3v) is 4.93. The summed E-state index contributed by atoms with van der Waals surface area (Å²) < 4.78 is 26.7. The second-order valence-corrected chi connectivity index (χ2v) is 6.51. The van der Waals surface area contributed by atoms with Crippen LogP contribution in [0.25, 0.3) is 0 Å². The van der Waals surface area contributed by atoms with Crippen molar-refractivity contribution in [2.24, 2.45) is 0 Å². The van der Waals surface area contributed by atoms with E-state index in [0.717, 1.165) is 4.90 Å². The summed E-state index contributed by atoms with van der Waals surface area (Å²) >= 11 is 7.38. The van der Waals surface area contributed by atoms with Crippen molar-refractivity contribution in [3.8, 4) is 0 Å². The third kappa shape index (κ3) is 3.40. The highest BCUT2D eigenvalue weighted by atomic mass is 35.5. The fourth-order valence-corrected chi connectivity index (χ4v) is 3.36. The number of benzene rings is 1. The zero-order valence-corrected chi connectivity index (χ0v) is 12.4. The van der Waals surface area contributed by atoms with Crippen LogP contribution in [0.5, 0.6) is 0 Å². The van der Waals surface area contributed by atoms with Gasteiger partial charge in [-0.05, 0) is 42.7 Å². The molecule has 2 aromatic rings. The monoisotopic (exact) mass is 314 g/mol. The number of anilines is 1. The van der Waals surface area contributed by atoms with Crippen molar-refractivity contribution < 1.29 is 8.42 Å². The van der Waals surface area contributed by atoms with E-state index in [4.69, 9.17) is 11.6 Å². The van der Waals surface area contributed by atoms with E-state index < -0.39 is 10.0 Å². The fraction of sp³-hybridized carbons (Fsp3) is 0.0833. The molecule has 0 fully saturated rings. The number of rotatable bonds is 4. The summed E-state index contributed by atoms with van der Waals surface area (Å²) in [4.78, 5) is 4.78. The molecule has 1 heterocycles. The Hall–Kier alpha value is -1.24. The highest BCUT2D eigenvalue weighted by Gasteiger charge is 2.18. The predicted molar refractivity (Wildman–Crippen MR) is 78.3 cm³/mol. The van der Waals surface area contributed by atoms with Crippen LogP contribution >= 0.6 is 23.4 Å². The minimum absolute atomic E-state index is 0.0365. The largest absolute Gasteiger partial charge is 0.280 e. The molecule has 1 N–H and O–H groups in total. The van der Waals surface area contributed by atoms with Crippen molar-refractivity contribution in [1.29, 1.82) is 0 Å². The summed E-state index contributed by atoms with van der Waals surface area (Å²) in [5.41, 5.74) is 0.484. The minimum atomic E-state index is -3.71. The van der Waals surface area contributed by atoms with E-state index in [-0.39, 0.29) is 10.0 Å². The van der Waals surface area contributed by atoms with Crippen LogP contribution in [0.2, 0.25) is 5.15 Å². The SMILES string of the molecule is CSc1ccc(NS(=O)(=O)c2cccnc2Cl)cc1. The van der Waals surface area contributed by atoms with Crippen LogP contribution in [0.3, 0.4) is 0 Å². The lowest BCUT2D eigenvalue weighted by Gasteiger charge is -2.09. The summed E-state index contributed by atoms with van der Waals surface area (Å²) in [6.45, 7) is 0. The van der Waals surface area contributed by atoms with Crippen LogP contribution in [0.1, 0.15) is 0 Å². The summed E-state index contributed by atoms with van der Waals surface area (Å²) in [6, 6.07) is 10.0. The summed E-state index contributed by atoms with van der Waals surface area (Å²) in [5.74, 6) is 0. The van der Waals surface area contributed by atoms with Crippen molar-refractivity contribution >= 4 is 39.1 Å². The zero-order valence-electron chi connectivity index (χ0n) is 10.00. The van der Waals surface area contributed by atoms with Crippen LogP contribution in [0, 0.1) is 0 Å². The minimum Gasteiger partial charge on any atom is -0.280 e. The molecule has 2 rings (SSSR count). The highest BCUT2D eigenvalue weighted by molar-refractivity contribution is 7.98. The lowest BCUT2D eigenvalue weighted by molar-refractivity contribution is 0.601. The number of thioether (sulfide) groups is 1. The Bertz CT molecular complexity index is 672. The van der Waals surface area contributed by atoms with Gasteiger partial charge in [-0.3, -0.25) is 4.72 Å². The normalized spacial score (nSPS) is 11.3. The van der Waals surface area contributed by atoms with Gasteiger partial charge in [-0.1, -0.05) is 11.6 Å². The Balaban J connectivity index is 2.28. The number of pyridine rings is 1. The fourth-order valence-electron chi connectivity index (χ4n) is 1.44. The van der Waals surface area contributed by atoms with Gasteiger partial charge in [-0.25, -0.2) is 13.4 Å².